The Balaban J connectivity index is 3.10. The van der Waals surface area contributed by atoms with E-state index in [1.54, 1.807) is 24.3 Å². The minimum absolute atomic E-state index is 0.124. The maximum absolute atomic E-state index is 11.9. The Labute approximate surface area is 79.4 Å². The van der Waals surface area contributed by atoms with Gasteiger partial charge >= 0.3 is 7.80 Å². The first-order valence-electron chi connectivity index (χ1n) is 4.18. The summed E-state index contributed by atoms with van der Waals surface area (Å²) in [6.45, 7) is 5.70. The Morgan fingerprint density at radius 3 is 2.23 bits per heavy atom. The minimum atomic E-state index is -1.54. The predicted molar refractivity (Wildman–Crippen MR) is 55.1 cm³/mol. The number of phenolic OH excluding ortho intramolecular Hbond substituents is 1. The van der Waals surface area contributed by atoms with Crippen molar-refractivity contribution in [2.24, 2.45) is 0 Å². The lowest BCUT2D eigenvalue weighted by Crippen LogP contribution is -2.14. The summed E-state index contributed by atoms with van der Waals surface area (Å²) in [5.74, 6) is 0.124. The number of aromatic hydroxyl groups is 1. The van der Waals surface area contributed by atoms with Crippen molar-refractivity contribution in [3.63, 3.8) is 0 Å². The molecule has 0 heterocycles. The number of para-hydroxylation sites is 1. The van der Waals surface area contributed by atoms with Gasteiger partial charge in [0.05, 0.1) is 0 Å². The fourth-order valence-corrected chi connectivity index (χ4v) is 2.22. The van der Waals surface area contributed by atoms with E-state index in [0.29, 0.717) is 5.30 Å². The van der Waals surface area contributed by atoms with Gasteiger partial charge in [0, 0.05) is 0 Å². The van der Waals surface area contributed by atoms with E-state index in [2.05, 4.69) is 0 Å². The van der Waals surface area contributed by atoms with E-state index in [-0.39, 0.29) is 10.9 Å². The lowest BCUT2D eigenvalue weighted by Gasteiger charge is -2.05. The van der Waals surface area contributed by atoms with E-state index in [1.165, 1.54) is 0 Å². The van der Waals surface area contributed by atoms with Crippen LogP contribution in [0.25, 0.3) is 0 Å². The highest BCUT2D eigenvalue weighted by Crippen LogP contribution is 2.39. The number of rotatable bonds is 1. The zero-order chi connectivity index (χ0) is 10.1. The fourth-order valence-electron chi connectivity index (χ4n) is 0.997. The summed E-state index contributed by atoms with van der Waals surface area (Å²) in [7, 11) is -1.54. The maximum Gasteiger partial charge on any atom is 0.386 e. The Kier molecular flexibility index (Phi) is 2.72. The Hall–Kier alpha value is -0.880. The van der Waals surface area contributed by atoms with Crippen LogP contribution in [0, 0.1) is 0 Å². The first-order valence-corrected chi connectivity index (χ1v) is 5.44. The fraction of sp³-hybridized carbons (Fsp3) is 0.400. The molecule has 0 aliphatic carbocycles. The third-order valence-corrected chi connectivity index (χ3v) is 3.74. The summed E-state index contributed by atoms with van der Waals surface area (Å²) in [5, 5.41) is 9.71. The van der Waals surface area contributed by atoms with Crippen LogP contribution in [0.3, 0.4) is 0 Å². The average molecular weight is 197 g/mol. The first-order chi connectivity index (χ1) is 5.93. The van der Waals surface area contributed by atoms with Crippen LogP contribution in [0.1, 0.15) is 20.8 Å². The molecule has 1 N–H and O–H groups in total. The molecule has 13 heavy (non-hydrogen) atoms. The molecule has 0 spiro atoms. The van der Waals surface area contributed by atoms with E-state index >= 15 is 0 Å². The number of hydrogen-bond donors (Lipinski definition) is 1. The third-order valence-electron chi connectivity index (χ3n) is 1.71. The van der Waals surface area contributed by atoms with E-state index in [4.69, 9.17) is 0 Å². The van der Waals surface area contributed by atoms with Crippen LogP contribution in [0.2, 0.25) is 0 Å². The Morgan fingerprint density at radius 2 is 1.77 bits per heavy atom. The molecule has 0 fully saturated rings. The van der Waals surface area contributed by atoms with Crippen LogP contribution >= 0.6 is 7.80 Å². The summed E-state index contributed by atoms with van der Waals surface area (Å²) >= 11 is 0. The SMILES string of the molecule is CC(C)(C)[P+](=O)c1ccccc1O. The molecular formula is C10H14O2P+. The molecule has 1 atom stereocenters. The molecule has 1 rings (SSSR count). The van der Waals surface area contributed by atoms with Gasteiger partial charge < -0.3 is 5.11 Å². The van der Waals surface area contributed by atoms with E-state index in [0.717, 1.165) is 0 Å². The standard InChI is InChI=1S/C10H13O2P/c1-10(2,3)13(12)9-7-5-4-6-8(9)11/h4-7H,1-3H3/p+1. The number of hydrogen-bond acceptors (Lipinski definition) is 2. The molecule has 0 radical (unpaired) electrons. The summed E-state index contributed by atoms with van der Waals surface area (Å²) < 4.78 is 11.9. The van der Waals surface area contributed by atoms with Gasteiger partial charge in [-0.1, -0.05) is 16.7 Å². The van der Waals surface area contributed by atoms with Crippen molar-refractivity contribution in [3.05, 3.63) is 24.3 Å². The van der Waals surface area contributed by atoms with Gasteiger partial charge in [-0.2, -0.15) is 0 Å². The van der Waals surface area contributed by atoms with Gasteiger partial charge in [-0.3, -0.25) is 0 Å². The van der Waals surface area contributed by atoms with Crippen molar-refractivity contribution in [3.8, 4) is 5.75 Å². The normalized spacial score (nSPS) is 12.7. The van der Waals surface area contributed by atoms with Gasteiger partial charge in [0.2, 0.25) is 5.30 Å². The largest absolute Gasteiger partial charge is 0.504 e. The van der Waals surface area contributed by atoms with Crippen LogP contribution in [0.4, 0.5) is 0 Å². The van der Waals surface area contributed by atoms with Crippen LogP contribution in [0.5, 0.6) is 5.75 Å². The van der Waals surface area contributed by atoms with E-state index in [1.807, 2.05) is 20.8 Å². The van der Waals surface area contributed by atoms with Gasteiger partial charge in [-0.25, -0.2) is 0 Å². The highest BCUT2D eigenvalue weighted by molar-refractivity contribution is 7.55. The predicted octanol–water partition coefficient (Wildman–Crippen LogP) is 2.64. The first kappa shape index (κ1) is 10.2. The maximum atomic E-state index is 11.9. The second-order valence-corrected chi connectivity index (χ2v) is 6.37. The molecule has 0 saturated carbocycles. The van der Waals surface area contributed by atoms with Gasteiger partial charge in [-0.05, 0) is 32.9 Å². The van der Waals surface area contributed by atoms with Crippen LogP contribution in [0.15, 0.2) is 24.3 Å². The van der Waals surface area contributed by atoms with Gasteiger partial charge in [-0.15, -0.1) is 0 Å². The third kappa shape index (κ3) is 2.28. The highest BCUT2D eigenvalue weighted by atomic mass is 31.1. The zero-order valence-corrected chi connectivity index (χ0v) is 9.01. The van der Waals surface area contributed by atoms with Crippen molar-refractivity contribution in [2.75, 3.05) is 0 Å². The summed E-state index contributed by atoms with van der Waals surface area (Å²) in [6, 6.07) is 6.78. The van der Waals surface area contributed by atoms with Crippen LogP contribution in [-0.2, 0) is 4.57 Å². The molecule has 1 aromatic carbocycles. The highest BCUT2D eigenvalue weighted by Gasteiger charge is 2.38. The molecular weight excluding hydrogens is 183 g/mol. The second kappa shape index (κ2) is 3.47. The van der Waals surface area contributed by atoms with Crippen LogP contribution < -0.4 is 5.30 Å². The Morgan fingerprint density at radius 1 is 1.23 bits per heavy atom. The second-order valence-electron chi connectivity index (χ2n) is 3.95. The van der Waals surface area contributed by atoms with Crippen molar-refractivity contribution in [1.29, 1.82) is 0 Å². The van der Waals surface area contributed by atoms with Crippen molar-refractivity contribution >= 4 is 13.1 Å². The lowest BCUT2D eigenvalue weighted by atomic mass is 10.3. The topological polar surface area (TPSA) is 37.3 Å². The molecule has 0 aromatic heterocycles. The minimum Gasteiger partial charge on any atom is -0.504 e. The molecule has 3 heteroatoms. The lowest BCUT2D eigenvalue weighted by molar-refractivity contribution is 0.478. The monoisotopic (exact) mass is 197 g/mol. The van der Waals surface area contributed by atoms with Crippen molar-refractivity contribution in [1.82, 2.24) is 0 Å². The molecule has 0 amide bonds. The summed E-state index contributed by atoms with van der Waals surface area (Å²) in [6.07, 6.45) is 0. The Bertz CT molecular complexity index is 326. The molecule has 1 aromatic rings. The number of benzene rings is 1. The molecule has 0 aliphatic heterocycles. The van der Waals surface area contributed by atoms with Gasteiger partial charge in [0.15, 0.2) is 10.9 Å². The zero-order valence-electron chi connectivity index (χ0n) is 8.11. The summed E-state index contributed by atoms with van der Waals surface area (Å²) in [5.41, 5.74) is 0. The van der Waals surface area contributed by atoms with Crippen molar-refractivity contribution in [2.45, 2.75) is 25.9 Å². The number of phenols is 1. The van der Waals surface area contributed by atoms with Gasteiger partial charge in [0.25, 0.3) is 0 Å². The molecule has 1 unspecified atom stereocenters. The van der Waals surface area contributed by atoms with Crippen molar-refractivity contribution < 1.29 is 9.67 Å². The quantitative estimate of drug-likeness (QED) is 0.702. The van der Waals surface area contributed by atoms with Gasteiger partial charge in [0.1, 0.15) is 0 Å². The van der Waals surface area contributed by atoms with Crippen LogP contribution in [-0.4, -0.2) is 10.3 Å². The van der Waals surface area contributed by atoms with E-state index in [9.17, 15) is 9.67 Å². The van der Waals surface area contributed by atoms with E-state index < -0.39 is 7.80 Å². The smallest absolute Gasteiger partial charge is 0.386 e. The molecule has 70 valence electrons. The molecule has 2 nitrogen and oxygen atoms in total. The summed E-state index contributed by atoms with van der Waals surface area (Å²) in [4.78, 5) is 0. The average Bonchev–Trinajstić information content (AvgIpc) is 2.02. The molecule has 0 aliphatic rings. The molecule has 0 bridgehead atoms. The molecule has 0 saturated heterocycles.